The minimum absolute atomic E-state index is 0.658. The van der Waals surface area contributed by atoms with Gasteiger partial charge in [-0.05, 0) is 18.0 Å². The molecule has 4 nitrogen and oxygen atoms in total. The SMILES string of the molecule is CCC1CNCCN1Cc1csnn1. The molecule has 1 saturated heterocycles. The van der Waals surface area contributed by atoms with Crippen LogP contribution in [0.3, 0.4) is 0 Å². The average Bonchev–Trinajstić information content (AvgIpc) is 2.71. The van der Waals surface area contributed by atoms with E-state index in [9.17, 15) is 0 Å². The maximum Gasteiger partial charge on any atom is 0.0895 e. The lowest BCUT2D eigenvalue weighted by Gasteiger charge is -2.35. The molecule has 5 heteroatoms. The van der Waals surface area contributed by atoms with Crippen molar-refractivity contribution in [2.75, 3.05) is 19.6 Å². The first kappa shape index (κ1) is 10.0. The van der Waals surface area contributed by atoms with Gasteiger partial charge >= 0.3 is 0 Å². The highest BCUT2D eigenvalue weighted by atomic mass is 32.1. The highest BCUT2D eigenvalue weighted by Gasteiger charge is 2.20. The summed E-state index contributed by atoms with van der Waals surface area (Å²) < 4.78 is 3.89. The van der Waals surface area contributed by atoms with Crippen molar-refractivity contribution in [2.45, 2.75) is 25.9 Å². The average molecular weight is 212 g/mol. The summed E-state index contributed by atoms with van der Waals surface area (Å²) in [5.41, 5.74) is 1.11. The number of aromatic nitrogens is 2. The molecule has 0 aromatic carbocycles. The van der Waals surface area contributed by atoms with Crippen LogP contribution in [0.5, 0.6) is 0 Å². The maximum absolute atomic E-state index is 4.09. The quantitative estimate of drug-likeness (QED) is 0.801. The van der Waals surface area contributed by atoms with E-state index in [1.807, 2.05) is 5.38 Å². The Kier molecular flexibility index (Phi) is 3.44. The summed E-state index contributed by atoms with van der Waals surface area (Å²) in [6.07, 6.45) is 1.20. The highest BCUT2D eigenvalue weighted by Crippen LogP contribution is 2.11. The van der Waals surface area contributed by atoms with Crippen molar-refractivity contribution in [3.63, 3.8) is 0 Å². The zero-order valence-electron chi connectivity index (χ0n) is 8.44. The number of hydrogen-bond acceptors (Lipinski definition) is 5. The van der Waals surface area contributed by atoms with Crippen molar-refractivity contribution in [3.05, 3.63) is 11.1 Å². The van der Waals surface area contributed by atoms with E-state index in [1.165, 1.54) is 18.0 Å². The Labute approximate surface area is 88.5 Å². The van der Waals surface area contributed by atoms with Gasteiger partial charge in [-0.3, -0.25) is 4.90 Å². The minimum atomic E-state index is 0.658. The van der Waals surface area contributed by atoms with Gasteiger partial charge in [0.05, 0.1) is 5.69 Å². The summed E-state index contributed by atoms with van der Waals surface area (Å²) in [4.78, 5) is 2.49. The number of hydrogen-bond donors (Lipinski definition) is 1. The lowest BCUT2D eigenvalue weighted by Crippen LogP contribution is -2.50. The second-order valence-electron chi connectivity index (χ2n) is 3.63. The van der Waals surface area contributed by atoms with Crippen LogP contribution in [-0.2, 0) is 6.54 Å². The van der Waals surface area contributed by atoms with Crippen LogP contribution in [0, 0.1) is 0 Å². The lowest BCUT2D eigenvalue weighted by atomic mass is 10.1. The molecule has 1 N–H and O–H groups in total. The molecule has 0 aliphatic carbocycles. The first-order valence-electron chi connectivity index (χ1n) is 5.11. The number of piperazine rings is 1. The third kappa shape index (κ3) is 2.29. The fourth-order valence-corrected chi connectivity index (χ4v) is 2.32. The monoisotopic (exact) mass is 212 g/mol. The Hall–Kier alpha value is -0.520. The first-order chi connectivity index (χ1) is 6.90. The van der Waals surface area contributed by atoms with Gasteiger partial charge in [0.2, 0.25) is 0 Å². The second-order valence-corrected chi connectivity index (χ2v) is 4.24. The van der Waals surface area contributed by atoms with Gasteiger partial charge in [0.1, 0.15) is 0 Å². The molecule has 78 valence electrons. The smallest absolute Gasteiger partial charge is 0.0895 e. The summed E-state index contributed by atoms with van der Waals surface area (Å²) in [6, 6.07) is 0.658. The van der Waals surface area contributed by atoms with Crippen LogP contribution in [0.1, 0.15) is 19.0 Å². The van der Waals surface area contributed by atoms with E-state index >= 15 is 0 Å². The Balaban J connectivity index is 1.94. The summed E-state index contributed by atoms with van der Waals surface area (Å²) in [5, 5.41) is 9.54. The van der Waals surface area contributed by atoms with E-state index in [4.69, 9.17) is 0 Å². The van der Waals surface area contributed by atoms with Crippen LogP contribution in [0.15, 0.2) is 5.38 Å². The van der Waals surface area contributed by atoms with Crippen LogP contribution in [-0.4, -0.2) is 40.2 Å². The van der Waals surface area contributed by atoms with Gasteiger partial charge in [0.25, 0.3) is 0 Å². The van der Waals surface area contributed by atoms with Crippen LogP contribution in [0.25, 0.3) is 0 Å². The molecular weight excluding hydrogens is 196 g/mol. The Bertz CT molecular complexity index is 262. The largest absolute Gasteiger partial charge is 0.314 e. The molecule has 0 radical (unpaired) electrons. The van der Waals surface area contributed by atoms with Gasteiger partial charge in [-0.1, -0.05) is 11.4 Å². The van der Waals surface area contributed by atoms with Gasteiger partial charge in [0.15, 0.2) is 0 Å². The van der Waals surface area contributed by atoms with Crippen LogP contribution >= 0.6 is 11.5 Å². The third-order valence-corrected chi connectivity index (χ3v) is 3.27. The predicted octanol–water partition coefficient (Wildman–Crippen LogP) is 0.722. The molecule has 1 fully saturated rings. The molecule has 2 rings (SSSR count). The van der Waals surface area contributed by atoms with Crippen molar-refractivity contribution in [1.29, 1.82) is 0 Å². The first-order valence-corrected chi connectivity index (χ1v) is 5.94. The van der Waals surface area contributed by atoms with Crippen molar-refractivity contribution >= 4 is 11.5 Å². The molecular formula is C9H16N4S. The maximum atomic E-state index is 4.09. The lowest BCUT2D eigenvalue weighted by molar-refractivity contribution is 0.147. The predicted molar refractivity (Wildman–Crippen MR) is 57.3 cm³/mol. The minimum Gasteiger partial charge on any atom is -0.314 e. The van der Waals surface area contributed by atoms with Gasteiger partial charge in [-0.2, -0.15) is 0 Å². The van der Waals surface area contributed by atoms with Gasteiger partial charge < -0.3 is 5.32 Å². The van der Waals surface area contributed by atoms with Crippen molar-refractivity contribution < 1.29 is 0 Å². The van der Waals surface area contributed by atoms with E-state index in [0.717, 1.165) is 31.9 Å². The van der Waals surface area contributed by atoms with Crippen LogP contribution in [0.2, 0.25) is 0 Å². The zero-order valence-corrected chi connectivity index (χ0v) is 9.26. The molecule has 0 spiro atoms. The fraction of sp³-hybridized carbons (Fsp3) is 0.778. The van der Waals surface area contributed by atoms with E-state index in [-0.39, 0.29) is 0 Å². The zero-order chi connectivity index (χ0) is 9.80. The molecule has 1 aliphatic rings. The number of nitrogens with zero attached hydrogens (tertiary/aromatic N) is 3. The third-order valence-electron chi connectivity index (χ3n) is 2.71. The molecule has 2 heterocycles. The standard InChI is InChI=1S/C9H16N4S/c1-2-9-5-10-3-4-13(9)6-8-7-14-12-11-8/h7,9-10H,2-6H2,1H3. The van der Waals surface area contributed by atoms with Gasteiger partial charge in [-0.25, -0.2) is 0 Å². The summed E-state index contributed by atoms with van der Waals surface area (Å²) in [6.45, 7) is 6.51. The Morgan fingerprint density at radius 3 is 3.36 bits per heavy atom. The molecule has 1 aromatic heterocycles. The van der Waals surface area contributed by atoms with Gasteiger partial charge in [-0.15, -0.1) is 5.10 Å². The molecule has 1 unspecified atom stereocenters. The molecule has 1 aromatic rings. The van der Waals surface area contributed by atoms with Crippen LogP contribution < -0.4 is 5.32 Å². The van der Waals surface area contributed by atoms with Gasteiger partial charge in [0, 0.05) is 37.6 Å². The second kappa shape index (κ2) is 4.82. The van der Waals surface area contributed by atoms with Crippen molar-refractivity contribution in [1.82, 2.24) is 19.8 Å². The molecule has 1 aliphatic heterocycles. The van der Waals surface area contributed by atoms with Crippen LogP contribution in [0.4, 0.5) is 0 Å². The van der Waals surface area contributed by atoms with E-state index in [0.29, 0.717) is 6.04 Å². The van der Waals surface area contributed by atoms with Crippen molar-refractivity contribution in [3.8, 4) is 0 Å². The van der Waals surface area contributed by atoms with Crippen molar-refractivity contribution in [2.24, 2.45) is 0 Å². The molecule has 14 heavy (non-hydrogen) atoms. The highest BCUT2D eigenvalue weighted by molar-refractivity contribution is 7.03. The Morgan fingerprint density at radius 1 is 1.71 bits per heavy atom. The molecule has 1 atom stereocenters. The van der Waals surface area contributed by atoms with E-state index in [1.54, 1.807) is 0 Å². The fourth-order valence-electron chi connectivity index (χ4n) is 1.87. The Morgan fingerprint density at radius 2 is 2.64 bits per heavy atom. The summed E-state index contributed by atoms with van der Waals surface area (Å²) >= 11 is 1.43. The molecule has 0 bridgehead atoms. The number of nitrogens with one attached hydrogen (secondary N) is 1. The molecule has 0 amide bonds. The number of rotatable bonds is 3. The van der Waals surface area contributed by atoms with E-state index < -0.39 is 0 Å². The summed E-state index contributed by atoms with van der Waals surface area (Å²) in [7, 11) is 0. The summed E-state index contributed by atoms with van der Waals surface area (Å²) in [5.74, 6) is 0. The van der Waals surface area contributed by atoms with E-state index in [2.05, 4.69) is 26.7 Å². The topological polar surface area (TPSA) is 41.0 Å². The normalized spacial score (nSPS) is 23.9. The molecule has 0 saturated carbocycles.